The summed E-state index contributed by atoms with van der Waals surface area (Å²) in [7, 11) is 0. The van der Waals surface area contributed by atoms with Crippen molar-refractivity contribution in [3.05, 3.63) is 70.4 Å². The van der Waals surface area contributed by atoms with Gasteiger partial charge in [-0.1, -0.05) is 47.1 Å². The summed E-state index contributed by atoms with van der Waals surface area (Å²) in [6.07, 6.45) is 0.644. The molecule has 7 heteroatoms. The number of aryl methyl sites for hydroxylation is 3. The van der Waals surface area contributed by atoms with E-state index in [0.29, 0.717) is 18.1 Å². The van der Waals surface area contributed by atoms with Gasteiger partial charge in [-0.15, -0.1) is 11.3 Å². The molecule has 0 aliphatic heterocycles. The summed E-state index contributed by atoms with van der Waals surface area (Å²) in [6, 6.07) is 15.6. The number of hydrogen-bond acceptors (Lipinski definition) is 6. The molecule has 1 amide bonds. The van der Waals surface area contributed by atoms with E-state index in [1.807, 2.05) is 67.8 Å². The van der Waals surface area contributed by atoms with Crippen LogP contribution in [-0.2, 0) is 11.2 Å². The molecule has 29 heavy (non-hydrogen) atoms. The van der Waals surface area contributed by atoms with Crippen molar-refractivity contribution < 1.29 is 9.32 Å². The van der Waals surface area contributed by atoms with E-state index < -0.39 is 0 Å². The predicted octanol–water partition coefficient (Wildman–Crippen LogP) is 5.05. The number of nitrogens with zero attached hydrogens (tertiary/aromatic N) is 3. The van der Waals surface area contributed by atoms with Gasteiger partial charge in [0.25, 0.3) is 0 Å². The Bertz CT molecular complexity index is 1130. The Balaban J connectivity index is 1.35. The summed E-state index contributed by atoms with van der Waals surface area (Å²) in [5.74, 6) is 0.876. The lowest BCUT2D eigenvalue weighted by atomic mass is 10.1. The highest BCUT2D eigenvalue weighted by molar-refractivity contribution is 7.09. The average molecular weight is 404 g/mol. The number of hydrogen-bond donors (Lipinski definition) is 1. The number of rotatable bonds is 6. The van der Waals surface area contributed by atoms with Crippen molar-refractivity contribution in [2.75, 3.05) is 5.32 Å². The van der Waals surface area contributed by atoms with Gasteiger partial charge in [-0.05, 0) is 26.0 Å². The molecule has 2 aromatic heterocycles. The molecule has 6 nitrogen and oxygen atoms in total. The van der Waals surface area contributed by atoms with E-state index in [2.05, 4.69) is 20.4 Å². The summed E-state index contributed by atoms with van der Waals surface area (Å²) in [5.41, 5.74) is 4.70. The molecule has 0 unspecified atom stereocenters. The predicted molar refractivity (Wildman–Crippen MR) is 114 cm³/mol. The summed E-state index contributed by atoms with van der Waals surface area (Å²) < 4.78 is 5.28. The van der Waals surface area contributed by atoms with Gasteiger partial charge in [-0.25, -0.2) is 4.98 Å². The van der Waals surface area contributed by atoms with E-state index >= 15 is 0 Å². The summed E-state index contributed by atoms with van der Waals surface area (Å²) in [6.45, 7) is 4.00. The Labute approximate surface area is 172 Å². The Morgan fingerprint density at radius 2 is 1.90 bits per heavy atom. The SMILES string of the molecule is Cc1ccc(-c2noc(CCC(=O)Nc3cccc(-c4csc(C)n4)c3)n2)cc1. The molecule has 4 rings (SSSR count). The van der Waals surface area contributed by atoms with Gasteiger partial charge in [-0.3, -0.25) is 4.79 Å². The third-order valence-electron chi connectivity index (χ3n) is 4.40. The normalized spacial score (nSPS) is 10.8. The summed E-state index contributed by atoms with van der Waals surface area (Å²) >= 11 is 1.60. The fraction of sp³-hybridized carbons (Fsp3) is 0.182. The zero-order valence-electron chi connectivity index (χ0n) is 16.2. The molecule has 2 aromatic carbocycles. The van der Waals surface area contributed by atoms with Crippen LogP contribution in [-0.4, -0.2) is 21.0 Å². The van der Waals surface area contributed by atoms with Gasteiger partial charge in [0.15, 0.2) is 0 Å². The van der Waals surface area contributed by atoms with Crippen LogP contribution in [0.2, 0.25) is 0 Å². The first-order valence-electron chi connectivity index (χ1n) is 9.29. The van der Waals surface area contributed by atoms with Crippen LogP contribution in [0.5, 0.6) is 0 Å². The second-order valence-corrected chi connectivity index (χ2v) is 7.82. The summed E-state index contributed by atoms with van der Waals surface area (Å²) in [4.78, 5) is 21.2. The second-order valence-electron chi connectivity index (χ2n) is 6.76. The van der Waals surface area contributed by atoms with Crippen LogP contribution in [0.15, 0.2) is 58.4 Å². The van der Waals surface area contributed by atoms with Crippen molar-refractivity contribution >= 4 is 22.9 Å². The molecule has 0 radical (unpaired) electrons. The van der Waals surface area contributed by atoms with Gasteiger partial charge in [0.1, 0.15) is 0 Å². The van der Waals surface area contributed by atoms with Crippen LogP contribution in [0, 0.1) is 13.8 Å². The Kier molecular flexibility index (Phi) is 5.48. The molecule has 0 atom stereocenters. The van der Waals surface area contributed by atoms with Gasteiger partial charge < -0.3 is 9.84 Å². The maximum atomic E-state index is 12.3. The Hall–Kier alpha value is -3.32. The Morgan fingerprint density at radius 3 is 2.66 bits per heavy atom. The van der Waals surface area contributed by atoms with E-state index in [1.165, 1.54) is 5.56 Å². The first-order chi connectivity index (χ1) is 14.1. The van der Waals surface area contributed by atoms with Crippen LogP contribution in [0.1, 0.15) is 22.9 Å². The van der Waals surface area contributed by atoms with Crippen LogP contribution in [0.25, 0.3) is 22.6 Å². The molecule has 1 N–H and O–H groups in total. The van der Waals surface area contributed by atoms with Gasteiger partial charge in [0.2, 0.25) is 17.6 Å². The lowest BCUT2D eigenvalue weighted by molar-refractivity contribution is -0.116. The fourth-order valence-corrected chi connectivity index (χ4v) is 3.49. The van der Waals surface area contributed by atoms with Crippen molar-refractivity contribution in [1.29, 1.82) is 0 Å². The minimum atomic E-state index is -0.105. The van der Waals surface area contributed by atoms with Crippen LogP contribution < -0.4 is 5.32 Å². The zero-order valence-corrected chi connectivity index (χ0v) is 17.0. The highest BCUT2D eigenvalue weighted by Gasteiger charge is 2.11. The molecule has 146 valence electrons. The number of nitrogens with one attached hydrogen (secondary N) is 1. The highest BCUT2D eigenvalue weighted by Crippen LogP contribution is 2.24. The maximum absolute atomic E-state index is 12.3. The van der Waals surface area contributed by atoms with Gasteiger partial charge >= 0.3 is 0 Å². The van der Waals surface area contributed by atoms with Crippen molar-refractivity contribution in [2.45, 2.75) is 26.7 Å². The minimum Gasteiger partial charge on any atom is -0.339 e. The topological polar surface area (TPSA) is 80.9 Å². The number of carbonyl (C=O) groups is 1. The van der Waals surface area contributed by atoms with E-state index in [9.17, 15) is 4.79 Å². The molecule has 0 aliphatic carbocycles. The third kappa shape index (κ3) is 4.75. The maximum Gasteiger partial charge on any atom is 0.227 e. The van der Waals surface area contributed by atoms with E-state index in [0.717, 1.165) is 27.5 Å². The number of amides is 1. The molecule has 0 saturated carbocycles. The highest BCUT2D eigenvalue weighted by atomic mass is 32.1. The van der Waals surface area contributed by atoms with E-state index in [4.69, 9.17) is 4.52 Å². The lowest BCUT2D eigenvalue weighted by Crippen LogP contribution is -2.12. The number of thiazole rings is 1. The van der Waals surface area contributed by atoms with Crippen molar-refractivity contribution in [3.63, 3.8) is 0 Å². The molecule has 0 aliphatic rings. The van der Waals surface area contributed by atoms with Gasteiger partial charge in [0, 0.05) is 35.0 Å². The molecule has 0 spiro atoms. The molecular weight excluding hydrogens is 384 g/mol. The Morgan fingerprint density at radius 1 is 1.07 bits per heavy atom. The zero-order chi connectivity index (χ0) is 20.2. The summed E-state index contributed by atoms with van der Waals surface area (Å²) in [5, 5.41) is 9.95. The molecular formula is C22H20N4O2S. The smallest absolute Gasteiger partial charge is 0.227 e. The van der Waals surface area contributed by atoms with Gasteiger partial charge in [0.05, 0.1) is 10.7 Å². The minimum absolute atomic E-state index is 0.105. The first kappa shape index (κ1) is 19.0. The number of anilines is 1. The monoisotopic (exact) mass is 404 g/mol. The number of benzene rings is 2. The second kappa shape index (κ2) is 8.36. The standard InChI is InChI=1S/C22H20N4O2S/c1-14-6-8-16(9-7-14)22-25-21(28-26-22)11-10-20(27)24-18-5-3-4-17(12-18)19-13-29-15(2)23-19/h3-9,12-13H,10-11H2,1-2H3,(H,24,27). The fourth-order valence-electron chi connectivity index (χ4n) is 2.87. The van der Waals surface area contributed by atoms with Crippen molar-refractivity contribution in [2.24, 2.45) is 0 Å². The molecule has 0 saturated heterocycles. The first-order valence-corrected chi connectivity index (χ1v) is 10.2. The van der Waals surface area contributed by atoms with Crippen molar-refractivity contribution in [3.8, 4) is 22.6 Å². The largest absolute Gasteiger partial charge is 0.339 e. The quantitative estimate of drug-likeness (QED) is 0.486. The number of carbonyl (C=O) groups excluding carboxylic acids is 1. The molecule has 0 fully saturated rings. The molecule has 2 heterocycles. The lowest BCUT2D eigenvalue weighted by Gasteiger charge is -2.06. The molecule has 0 bridgehead atoms. The van der Waals surface area contributed by atoms with Gasteiger partial charge in [-0.2, -0.15) is 4.98 Å². The van der Waals surface area contributed by atoms with Crippen LogP contribution in [0.3, 0.4) is 0 Å². The van der Waals surface area contributed by atoms with E-state index in [-0.39, 0.29) is 12.3 Å². The number of aromatic nitrogens is 3. The van der Waals surface area contributed by atoms with E-state index in [1.54, 1.807) is 11.3 Å². The molecule has 4 aromatic rings. The third-order valence-corrected chi connectivity index (χ3v) is 5.18. The van der Waals surface area contributed by atoms with Crippen molar-refractivity contribution in [1.82, 2.24) is 15.1 Å². The van der Waals surface area contributed by atoms with Crippen LogP contribution >= 0.6 is 11.3 Å². The average Bonchev–Trinajstić information content (AvgIpc) is 3.36. The van der Waals surface area contributed by atoms with Crippen LogP contribution in [0.4, 0.5) is 5.69 Å².